The molecule has 1 aromatic rings. The summed E-state index contributed by atoms with van der Waals surface area (Å²) in [7, 11) is 0. The molecule has 1 aromatic heterocycles. The van der Waals surface area contributed by atoms with E-state index in [1.165, 1.54) is 6.20 Å². The van der Waals surface area contributed by atoms with Gasteiger partial charge in [-0.2, -0.15) is 0 Å². The third-order valence-corrected chi connectivity index (χ3v) is 2.21. The van der Waals surface area contributed by atoms with E-state index < -0.39 is 0 Å². The summed E-state index contributed by atoms with van der Waals surface area (Å²) in [4.78, 5) is 26.0. The Kier molecular flexibility index (Phi) is 5.19. The van der Waals surface area contributed by atoms with Crippen molar-refractivity contribution in [3.05, 3.63) is 29.6 Å². The molecule has 16 heavy (non-hydrogen) atoms. The van der Waals surface area contributed by atoms with E-state index in [-0.39, 0.29) is 17.2 Å². The monoisotopic (exact) mass is 219 g/mol. The van der Waals surface area contributed by atoms with E-state index >= 15 is 0 Å². The summed E-state index contributed by atoms with van der Waals surface area (Å²) in [5.74, 6) is -0.262. The van der Waals surface area contributed by atoms with Crippen LogP contribution in [0.4, 0.5) is 0 Å². The van der Waals surface area contributed by atoms with Gasteiger partial charge in [-0.05, 0) is 18.6 Å². The average Bonchev–Trinajstić information content (AvgIpc) is 2.34. The molecule has 1 heterocycles. The third kappa shape index (κ3) is 3.46. The van der Waals surface area contributed by atoms with Crippen molar-refractivity contribution >= 4 is 12.2 Å². The summed E-state index contributed by atoms with van der Waals surface area (Å²) in [5, 5.41) is 2.75. The molecule has 1 rings (SSSR count). The zero-order chi connectivity index (χ0) is 11.8. The highest BCUT2D eigenvalue weighted by atomic mass is 16.1. The Morgan fingerprint density at radius 2 is 2.31 bits per heavy atom. The van der Waals surface area contributed by atoms with Crippen molar-refractivity contribution in [1.82, 2.24) is 10.3 Å². The minimum Gasteiger partial charge on any atom is -0.352 e. The minimum absolute atomic E-state index is 0.0653. The quantitative estimate of drug-likeness (QED) is 0.737. The SMILES string of the molecule is CCCCCNC(=O)c1cccnc1[C]=O. The van der Waals surface area contributed by atoms with Crippen molar-refractivity contribution in [3.8, 4) is 0 Å². The van der Waals surface area contributed by atoms with Crippen molar-refractivity contribution in [2.75, 3.05) is 6.54 Å². The highest BCUT2D eigenvalue weighted by molar-refractivity contribution is 6.00. The van der Waals surface area contributed by atoms with E-state index in [1.807, 2.05) is 0 Å². The number of carbonyl (C=O) groups excluding carboxylic acids is 2. The number of amides is 1. The number of pyridine rings is 1. The van der Waals surface area contributed by atoms with Crippen molar-refractivity contribution in [2.24, 2.45) is 0 Å². The first kappa shape index (κ1) is 12.4. The molecule has 1 radical (unpaired) electrons. The van der Waals surface area contributed by atoms with Gasteiger partial charge in [0.1, 0.15) is 5.69 Å². The molecule has 0 bridgehead atoms. The van der Waals surface area contributed by atoms with Gasteiger partial charge in [-0.25, -0.2) is 0 Å². The number of carbonyl (C=O) groups is 1. The first-order valence-electron chi connectivity index (χ1n) is 5.41. The van der Waals surface area contributed by atoms with E-state index in [2.05, 4.69) is 17.2 Å². The molecule has 0 saturated carbocycles. The Bertz CT molecular complexity index is 364. The Labute approximate surface area is 95.1 Å². The van der Waals surface area contributed by atoms with Gasteiger partial charge in [-0.15, -0.1) is 0 Å². The molecule has 0 spiro atoms. The fourth-order valence-electron chi connectivity index (χ4n) is 1.34. The topological polar surface area (TPSA) is 59.1 Å². The van der Waals surface area contributed by atoms with E-state index in [4.69, 9.17) is 0 Å². The zero-order valence-electron chi connectivity index (χ0n) is 9.32. The number of hydrogen-bond acceptors (Lipinski definition) is 3. The molecule has 0 aromatic carbocycles. The van der Waals surface area contributed by atoms with Crippen LogP contribution in [0.5, 0.6) is 0 Å². The van der Waals surface area contributed by atoms with Gasteiger partial charge >= 0.3 is 0 Å². The number of rotatable bonds is 6. The van der Waals surface area contributed by atoms with Gasteiger partial charge in [0.25, 0.3) is 12.2 Å². The van der Waals surface area contributed by atoms with Crippen LogP contribution >= 0.6 is 0 Å². The van der Waals surface area contributed by atoms with E-state index in [0.717, 1.165) is 19.3 Å². The number of nitrogens with zero attached hydrogens (tertiary/aromatic N) is 1. The molecule has 1 amide bonds. The second-order valence-corrected chi connectivity index (χ2v) is 3.46. The third-order valence-electron chi connectivity index (χ3n) is 2.21. The summed E-state index contributed by atoms with van der Waals surface area (Å²) >= 11 is 0. The second-order valence-electron chi connectivity index (χ2n) is 3.46. The summed E-state index contributed by atoms with van der Waals surface area (Å²) in [6.45, 7) is 2.72. The van der Waals surface area contributed by atoms with E-state index in [1.54, 1.807) is 18.4 Å². The standard InChI is InChI=1S/C12H15N2O2/c1-2-3-4-7-14-12(16)10-6-5-8-13-11(10)9-15/h5-6,8H,2-4,7H2,1H3,(H,14,16). The van der Waals surface area contributed by atoms with Crippen molar-refractivity contribution in [1.29, 1.82) is 0 Å². The molecule has 0 fully saturated rings. The predicted molar refractivity (Wildman–Crippen MR) is 60.9 cm³/mol. The van der Waals surface area contributed by atoms with Crippen molar-refractivity contribution in [2.45, 2.75) is 26.2 Å². The van der Waals surface area contributed by atoms with Gasteiger partial charge in [0.15, 0.2) is 0 Å². The lowest BCUT2D eigenvalue weighted by molar-refractivity contribution is 0.0952. The van der Waals surface area contributed by atoms with Crippen LogP contribution in [-0.4, -0.2) is 23.7 Å². The van der Waals surface area contributed by atoms with Crippen LogP contribution in [0.2, 0.25) is 0 Å². The molecule has 0 saturated heterocycles. The van der Waals surface area contributed by atoms with Crippen LogP contribution in [0.3, 0.4) is 0 Å². The Balaban J connectivity index is 2.55. The lowest BCUT2D eigenvalue weighted by Crippen LogP contribution is -2.25. The summed E-state index contributed by atoms with van der Waals surface area (Å²) < 4.78 is 0. The summed E-state index contributed by atoms with van der Waals surface area (Å²) in [6.07, 6.45) is 6.26. The molecule has 0 unspecified atom stereocenters. The Morgan fingerprint density at radius 1 is 1.50 bits per heavy atom. The smallest absolute Gasteiger partial charge is 0.254 e. The molecule has 4 heteroatoms. The maximum Gasteiger partial charge on any atom is 0.254 e. The number of hydrogen-bond donors (Lipinski definition) is 1. The molecule has 0 aliphatic rings. The zero-order valence-corrected chi connectivity index (χ0v) is 9.32. The number of nitrogens with one attached hydrogen (secondary N) is 1. The maximum atomic E-state index is 11.7. The van der Waals surface area contributed by atoms with Gasteiger partial charge < -0.3 is 5.32 Å². The van der Waals surface area contributed by atoms with Crippen molar-refractivity contribution < 1.29 is 9.59 Å². The fourth-order valence-corrected chi connectivity index (χ4v) is 1.34. The lowest BCUT2D eigenvalue weighted by atomic mass is 10.2. The average molecular weight is 219 g/mol. The maximum absolute atomic E-state index is 11.7. The van der Waals surface area contributed by atoms with Crippen LogP contribution in [0.15, 0.2) is 18.3 Å². The van der Waals surface area contributed by atoms with Crippen molar-refractivity contribution in [3.63, 3.8) is 0 Å². The normalized spacial score (nSPS) is 9.81. The van der Waals surface area contributed by atoms with E-state index in [9.17, 15) is 9.59 Å². The predicted octanol–water partition coefficient (Wildman–Crippen LogP) is 1.46. The molecular formula is C12H15N2O2. The van der Waals surface area contributed by atoms with Crippen LogP contribution < -0.4 is 5.32 Å². The Hall–Kier alpha value is -1.71. The van der Waals surface area contributed by atoms with E-state index in [0.29, 0.717) is 6.54 Å². The van der Waals surface area contributed by atoms with Crippen LogP contribution in [0.25, 0.3) is 0 Å². The number of unbranched alkanes of at least 4 members (excludes halogenated alkanes) is 2. The van der Waals surface area contributed by atoms with Crippen LogP contribution in [-0.2, 0) is 4.79 Å². The first-order chi connectivity index (χ1) is 7.79. The Morgan fingerprint density at radius 3 is 3.00 bits per heavy atom. The summed E-state index contributed by atoms with van der Waals surface area (Å²) in [5.41, 5.74) is 0.351. The van der Waals surface area contributed by atoms with Gasteiger partial charge in [0.05, 0.1) is 5.56 Å². The fraction of sp³-hybridized carbons (Fsp3) is 0.417. The largest absolute Gasteiger partial charge is 0.352 e. The molecule has 0 atom stereocenters. The van der Waals surface area contributed by atoms with Gasteiger partial charge in [0, 0.05) is 12.7 Å². The summed E-state index contributed by atoms with van der Waals surface area (Å²) in [6, 6.07) is 3.20. The minimum atomic E-state index is -0.262. The van der Waals surface area contributed by atoms with Gasteiger partial charge in [-0.1, -0.05) is 19.8 Å². The van der Waals surface area contributed by atoms with Crippen LogP contribution in [0.1, 0.15) is 42.2 Å². The molecule has 4 nitrogen and oxygen atoms in total. The number of aromatic nitrogens is 1. The van der Waals surface area contributed by atoms with Gasteiger partial charge in [0.2, 0.25) is 0 Å². The first-order valence-corrected chi connectivity index (χ1v) is 5.41. The lowest BCUT2D eigenvalue weighted by Gasteiger charge is -2.05. The van der Waals surface area contributed by atoms with Crippen LogP contribution in [0, 0.1) is 0 Å². The highest BCUT2D eigenvalue weighted by Gasteiger charge is 2.10. The second kappa shape index (κ2) is 6.71. The molecule has 85 valence electrons. The highest BCUT2D eigenvalue weighted by Crippen LogP contribution is 2.02. The molecular weight excluding hydrogens is 204 g/mol. The molecule has 1 N–H and O–H groups in total. The molecule has 0 aliphatic heterocycles. The van der Waals surface area contributed by atoms with Gasteiger partial charge in [-0.3, -0.25) is 14.6 Å². The molecule has 0 aliphatic carbocycles.